The van der Waals surface area contributed by atoms with E-state index in [4.69, 9.17) is 51.2 Å². The molecule has 0 atom stereocenters. The van der Waals surface area contributed by atoms with E-state index in [2.05, 4.69) is 4.98 Å². The van der Waals surface area contributed by atoms with E-state index in [9.17, 15) is 14.4 Å². The first-order valence-electron chi connectivity index (χ1n) is 6.21. The SMILES string of the molecule is O=C(ON1C(=O)c2c(Cl)c(Cl)c(Cl)c(Cl)c2C1=O)c1cccnc1. The highest BCUT2D eigenvalue weighted by molar-refractivity contribution is 6.55. The van der Waals surface area contributed by atoms with Gasteiger partial charge in [-0.05, 0) is 12.1 Å². The number of hydrogen-bond acceptors (Lipinski definition) is 5. The molecule has 1 aromatic heterocycles. The number of imide groups is 1. The van der Waals surface area contributed by atoms with Gasteiger partial charge in [-0.1, -0.05) is 51.5 Å². The Balaban J connectivity index is 2.01. The summed E-state index contributed by atoms with van der Waals surface area (Å²) < 4.78 is 0. The third kappa shape index (κ3) is 2.52. The molecule has 1 aromatic carbocycles. The summed E-state index contributed by atoms with van der Waals surface area (Å²) in [6.45, 7) is 0. The molecule has 24 heavy (non-hydrogen) atoms. The van der Waals surface area contributed by atoms with E-state index in [0.717, 1.165) is 0 Å². The van der Waals surface area contributed by atoms with E-state index in [0.29, 0.717) is 0 Å². The molecule has 0 bridgehead atoms. The molecule has 0 fully saturated rings. The molecule has 10 heteroatoms. The predicted molar refractivity (Wildman–Crippen MR) is 86.6 cm³/mol. The lowest BCUT2D eigenvalue weighted by molar-refractivity contribution is -0.0584. The Kier molecular flexibility index (Phi) is 4.40. The fraction of sp³-hybridized carbons (Fsp3) is 0. The number of benzene rings is 1. The zero-order valence-electron chi connectivity index (χ0n) is 11.3. The molecule has 0 saturated heterocycles. The van der Waals surface area contributed by atoms with E-state index < -0.39 is 17.8 Å². The van der Waals surface area contributed by atoms with E-state index in [1.54, 1.807) is 0 Å². The third-order valence-corrected chi connectivity index (χ3v) is 4.94. The average molecular weight is 406 g/mol. The summed E-state index contributed by atoms with van der Waals surface area (Å²) in [6, 6.07) is 2.90. The molecule has 1 aliphatic rings. The summed E-state index contributed by atoms with van der Waals surface area (Å²) in [5, 5.41) is -0.601. The van der Waals surface area contributed by atoms with Gasteiger partial charge in [-0.15, -0.1) is 0 Å². The first kappa shape index (κ1) is 17.0. The summed E-state index contributed by atoms with van der Waals surface area (Å²) in [4.78, 5) is 45.4. The number of carbonyl (C=O) groups excluding carboxylic acids is 3. The van der Waals surface area contributed by atoms with E-state index >= 15 is 0 Å². The topological polar surface area (TPSA) is 76.6 Å². The van der Waals surface area contributed by atoms with Crippen molar-refractivity contribution in [2.24, 2.45) is 0 Å². The summed E-state index contributed by atoms with van der Waals surface area (Å²) in [7, 11) is 0. The highest BCUT2D eigenvalue weighted by atomic mass is 35.5. The number of amides is 2. The predicted octanol–water partition coefficient (Wildman–Crippen LogP) is 4.06. The normalized spacial score (nSPS) is 13.2. The number of carbonyl (C=O) groups is 3. The Bertz CT molecular complexity index is 855. The van der Waals surface area contributed by atoms with Crippen molar-refractivity contribution in [3.8, 4) is 0 Å². The van der Waals surface area contributed by atoms with E-state index in [1.807, 2.05) is 0 Å². The number of hydrogen-bond donors (Lipinski definition) is 0. The third-order valence-electron chi connectivity index (χ3n) is 3.14. The largest absolute Gasteiger partial charge is 0.365 e. The van der Waals surface area contributed by atoms with Crippen molar-refractivity contribution in [3.63, 3.8) is 0 Å². The summed E-state index contributed by atoms with van der Waals surface area (Å²) in [5.74, 6) is -2.91. The van der Waals surface area contributed by atoms with Crippen molar-refractivity contribution in [2.45, 2.75) is 0 Å². The van der Waals surface area contributed by atoms with Crippen molar-refractivity contribution >= 4 is 64.2 Å². The summed E-state index contributed by atoms with van der Waals surface area (Å²) in [6.07, 6.45) is 2.66. The van der Waals surface area contributed by atoms with Gasteiger partial charge in [0.25, 0.3) is 11.8 Å². The van der Waals surface area contributed by atoms with Gasteiger partial charge >= 0.3 is 5.97 Å². The fourth-order valence-electron chi connectivity index (χ4n) is 2.03. The van der Waals surface area contributed by atoms with Crippen molar-refractivity contribution in [1.29, 1.82) is 0 Å². The zero-order chi connectivity index (χ0) is 17.6. The molecule has 0 aliphatic carbocycles. The van der Waals surface area contributed by atoms with Crippen LogP contribution in [0.15, 0.2) is 24.5 Å². The summed E-state index contributed by atoms with van der Waals surface area (Å²) >= 11 is 23.7. The Hall–Kier alpha value is -1.86. The van der Waals surface area contributed by atoms with Crippen LogP contribution in [0.4, 0.5) is 0 Å². The molecule has 1 aliphatic heterocycles. The highest BCUT2D eigenvalue weighted by Gasteiger charge is 2.44. The smallest absolute Gasteiger partial charge is 0.324 e. The van der Waals surface area contributed by atoms with Crippen molar-refractivity contribution in [1.82, 2.24) is 10.0 Å². The minimum atomic E-state index is -0.974. The van der Waals surface area contributed by atoms with E-state index in [1.165, 1.54) is 24.5 Å². The summed E-state index contributed by atoms with van der Waals surface area (Å²) in [5.41, 5.74) is -0.512. The Morgan fingerprint density at radius 2 is 1.50 bits per heavy atom. The molecule has 122 valence electrons. The number of pyridine rings is 1. The van der Waals surface area contributed by atoms with Crippen LogP contribution in [0.2, 0.25) is 20.1 Å². The maximum Gasteiger partial charge on any atom is 0.365 e. The van der Waals surface area contributed by atoms with Crippen molar-refractivity contribution in [2.75, 3.05) is 0 Å². The second kappa shape index (κ2) is 6.22. The van der Waals surface area contributed by atoms with Gasteiger partial charge in [-0.25, -0.2) is 4.79 Å². The van der Waals surface area contributed by atoms with Crippen LogP contribution in [0.5, 0.6) is 0 Å². The monoisotopic (exact) mass is 404 g/mol. The van der Waals surface area contributed by atoms with Gasteiger partial charge < -0.3 is 4.84 Å². The molecule has 0 N–H and O–H groups in total. The minimum absolute atomic E-state index is 0.0438. The second-order valence-electron chi connectivity index (χ2n) is 4.53. The van der Waals surface area contributed by atoms with E-state index in [-0.39, 0.29) is 41.8 Å². The number of nitrogens with zero attached hydrogens (tertiary/aromatic N) is 2. The standard InChI is InChI=1S/C14H4Cl4N2O4/c15-8-6-7(9(16)11(18)10(8)17)13(22)20(12(6)21)24-14(23)5-2-1-3-19-4-5/h1-4H. The van der Waals surface area contributed by atoms with Gasteiger partial charge in [0.1, 0.15) is 0 Å². The molecule has 0 saturated carbocycles. The van der Waals surface area contributed by atoms with Crippen LogP contribution in [-0.4, -0.2) is 27.8 Å². The average Bonchev–Trinajstić information content (AvgIpc) is 2.83. The van der Waals surface area contributed by atoms with Gasteiger partial charge in [0.2, 0.25) is 0 Å². The molecule has 3 rings (SSSR count). The molecule has 2 heterocycles. The van der Waals surface area contributed by atoms with Crippen molar-refractivity contribution < 1.29 is 19.2 Å². The lowest BCUT2D eigenvalue weighted by Gasteiger charge is -2.12. The first-order chi connectivity index (χ1) is 11.3. The van der Waals surface area contributed by atoms with Crippen LogP contribution in [0, 0.1) is 0 Å². The quantitative estimate of drug-likeness (QED) is 0.427. The van der Waals surface area contributed by atoms with Crippen LogP contribution in [0.3, 0.4) is 0 Å². The lowest BCUT2D eigenvalue weighted by atomic mass is 10.1. The number of hydroxylamine groups is 2. The van der Waals surface area contributed by atoms with Crippen LogP contribution >= 0.6 is 46.4 Å². The van der Waals surface area contributed by atoms with Gasteiger partial charge in [-0.3, -0.25) is 14.6 Å². The molecule has 6 nitrogen and oxygen atoms in total. The number of aromatic nitrogens is 1. The van der Waals surface area contributed by atoms with Gasteiger partial charge in [0, 0.05) is 12.4 Å². The highest BCUT2D eigenvalue weighted by Crippen LogP contribution is 2.44. The minimum Gasteiger partial charge on any atom is -0.324 e. The van der Waals surface area contributed by atoms with Gasteiger partial charge in [-0.2, -0.15) is 0 Å². The van der Waals surface area contributed by atoms with Gasteiger partial charge in [0.15, 0.2) is 0 Å². The molecular formula is C14H4Cl4N2O4. The molecule has 0 spiro atoms. The Morgan fingerprint density at radius 3 is 1.96 bits per heavy atom. The Morgan fingerprint density at radius 1 is 0.958 bits per heavy atom. The molecule has 2 amide bonds. The number of halogens is 4. The molecule has 0 radical (unpaired) electrons. The molecule has 2 aromatic rings. The van der Waals surface area contributed by atoms with Crippen LogP contribution in [0.25, 0.3) is 0 Å². The van der Waals surface area contributed by atoms with Crippen LogP contribution < -0.4 is 0 Å². The zero-order valence-corrected chi connectivity index (χ0v) is 14.4. The number of rotatable bonds is 2. The lowest BCUT2D eigenvalue weighted by Crippen LogP contribution is -2.32. The fourth-order valence-corrected chi connectivity index (χ4v) is 3.04. The Labute approximate surface area is 154 Å². The van der Waals surface area contributed by atoms with Crippen LogP contribution in [0.1, 0.15) is 31.1 Å². The molecule has 0 unspecified atom stereocenters. The van der Waals surface area contributed by atoms with Crippen LogP contribution in [-0.2, 0) is 4.84 Å². The van der Waals surface area contributed by atoms with Crippen molar-refractivity contribution in [3.05, 3.63) is 61.3 Å². The second-order valence-corrected chi connectivity index (χ2v) is 6.04. The number of fused-ring (bicyclic) bond motifs is 1. The maximum atomic E-state index is 12.4. The van der Waals surface area contributed by atoms with Gasteiger partial charge in [0.05, 0.1) is 36.8 Å². The molecular weight excluding hydrogens is 402 g/mol. The first-order valence-corrected chi connectivity index (χ1v) is 7.72. The maximum absolute atomic E-state index is 12.4.